The average Bonchev–Trinajstić information content (AvgIpc) is 2.86. The summed E-state index contributed by atoms with van der Waals surface area (Å²) in [5.74, 6) is -0.705. The summed E-state index contributed by atoms with van der Waals surface area (Å²) in [6.45, 7) is 3.88. The van der Waals surface area contributed by atoms with E-state index in [2.05, 4.69) is 6.92 Å². The largest absolute Gasteiger partial charge is 0.373 e. The minimum absolute atomic E-state index is 0.0487. The average molecular weight is 489 g/mol. The van der Waals surface area contributed by atoms with E-state index in [0.29, 0.717) is 37.0 Å². The van der Waals surface area contributed by atoms with E-state index in [1.807, 2.05) is 18.2 Å². The third-order valence-corrected chi connectivity index (χ3v) is 6.52. The van der Waals surface area contributed by atoms with Crippen molar-refractivity contribution >= 4 is 22.4 Å². The Labute approximate surface area is 205 Å². The van der Waals surface area contributed by atoms with Crippen LogP contribution in [0.4, 0.5) is 8.78 Å². The van der Waals surface area contributed by atoms with Crippen LogP contribution in [0.5, 0.6) is 0 Å². The van der Waals surface area contributed by atoms with Crippen molar-refractivity contribution in [3.05, 3.63) is 81.9 Å². The number of unbranched alkanes of at least 4 members (excludes halogenated alkanes) is 3. The van der Waals surface area contributed by atoms with E-state index < -0.39 is 12.1 Å². The van der Waals surface area contributed by atoms with E-state index in [1.54, 1.807) is 18.2 Å². The first-order valence-electron chi connectivity index (χ1n) is 12.0. The summed E-state index contributed by atoms with van der Waals surface area (Å²) in [6, 6.07) is 13.9. The van der Waals surface area contributed by atoms with Crippen molar-refractivity contribution in [1.82, 2.24) is 0 Å². The fourth-order valence-corrected chi connectivity index (χ4v) is 4.34. The highest BCUT2D eigenvalue weighted by Crippen LogP contribution is 2.29. The van der Waals surface area contributed by atoms with Gasteiger partial charge in [-0.1, -0.05) is 68.1 Å². The van der Waals surface area contributed by atoms with Crippen LogP contribution < -0.4 is 0 Å². The molecule has 0 atom stereocenters. The van der Waals surface area contributed by atoms with Crippen LogP contribution in [0.25, 0.3) is 10.8 Å². The molecule has 0 radical (unpaired) electrons. The van der Waals surface area contributed by atoms with Crippen LogP contribution in [-0.4, -0.2) is 25.9 Å². The maximum absolute atomic E-state index is 15.2. The Morgan fingerprint density at radius 2 is 1.76 bits per heavy atom. The zero-order valence-electron chi connectivity index (χ0n) is 19.5. The van der Waals surface area contributed by atoms with Crippen LogP contribution in [0.3, 0.4) is 0 Å². The Balaban J connectivity index is 1.35. The van der Waals surface area contributed by atoms with Crippen molar-refractivity contribution in [1.29, 1.82) is 0 Å². The maximum Gasteiger partial charge on any atom is 0.184 e. The molecule has 0 aromatic heterocycles. The molecule has 0 amide bonds. The van der Waals surface area contributed by atoms with Crippen molar-refractivity contribution in [3.8, 4) is 0 Å². The van der Waals surface area contributed by atoms with Gasteiger partial charge in [-0.05, 0) is 54.0 Å². The van der Waals surface area contributed by atoms with Gasteiger partial charge in [-0.2, -0.15) is 0 Å². The first kappa shape index (κ1) is 25.1. The molecule has 0 saturated carbocycles. The molecule has 1 aliphatic heterocycles. The molecule has 0 unspecified atom stereocenters. The van der Waals surface area contributed by atoms with Crippen molar-refractivity contribution in [2.45, 2.75) is 57.8 Å². The number of ether oxygens (including phenoxy) is 3. The first-order chi connectivity index (χ1) is 16.5. The van der Waals surface area contributed by atoms with E-state index in [-0.39, 0.29) is 16.9 Å². The van der Waals surface area contributed by atoms with Crippen molar-refractivity contribution in [2.75, 3.05) is 19.8 Å². The molecule has 0 bridgehead atoms. The van der Waals surface area contributed by atoms with Gasteiger partial charge in [-0.15, -0.1) is 0 Å². The molecule has 0 aliphatic carbocycles. The van der Waals surface area contributed by atoms with E-state index in [0.717, 1.165) is 29.5 Å². The summed E-state index contributed by atoms with van der Waals surface area (Å²) < 4.78 is 46.4. The van der Waals surface area contributed by atoms with Crippen LogP contribution in [0.15, 0.2) is 48.5 Å². The molecule has 0 spiro atoms. The van der Waals surface area contributed by atoms with Gasteiger partial charge in [-0.3, -0.25) is 0 Å². The van der Waals surface area contributed by atoms with E-state index in [9.17, 15) is 4.39 Å². The quantitative estimate of drug-likeness (QED) is 0.275. The van der Waals surface area contributed by atoms with Gasteiger partial charge in [-0.25, -0.2) is 8.78 Å². The highest BCUT2D eigenvalue weighted by atomic mass is 35.5. The number of aryl methyl sites for hydroxylation is 2. The number of fused-ring (bicyclic) bond motifs is 1. The number of hydrogen-bond acceptors (Lipinski definition) is 3. The molecule has 1 aliphatic rings. The van der Waals surface area contributed by atoms with Crippen LogP contribution in [-0.2, 0) is 27.1 Å². The molecule has 182 valence electrons. The second-order valence-corrected chi connectivity index (χ2v) is 9.23. The van der Waals surface area contributed by atoms with Gasteiger partial charge in [0.15, 0.2) is 6.29 Å². The van der Waals surface area contributed by atoms with E-state index in [1.165, 1.54) is 31.4 Å². The molecule has 4 rings (SSSR count). The lowest BCUT2D eigenvalue weighted by atomic mass is 9.99. The molecule has 6 heteroatoms. The minimum Gasteiger partial charge on any atom is -0.373 e. The Hall–Kier alpha value is -2.05. The first-order valence-corrected chi connectivity index (χ1v) is 12.4. The second-order valence-electron chi connectivity index (χ2n) is 8.82. The van der Waals surface area contributed by atoms with Crippen LogP contribution >= 0.6 is 11.6 Å². The molecule has 0 N–H and O–H groups in total. The van der Waals surface area contributed by atoms with Gasteiger partial charge in [0.25, 0.3) is 0 Å². The fraction of sp³-hybridized carbons (Fsp3) is 0.429. The molecule has 1 fully saturated rings. The van der Waals surface area contributed by atoms with Gasteiger partial charge in [0.1, 0.15) is 17.7 Å². The predicted molar refractivity (Wildman–Crippen MR) is 131 cm³/mol. The number of rotatable bonds is 10. The molecule has 3 aromatic rings. The van der Waals surface area contributed by atoms with Gasteiger partial charge in [0, 0.05) is 17.6 Å². The summed E-state index contributed by atoms with van der Waals surface area (Å²) in [5, 5.41) is 1.43. The van der Waals surface area contributed by atoms with Crippen LogP contribution in [0.1, 0.15) is 55.6 Å². The summed E-state index contributed by atoms with van der Waals surface area (Å²) in [7, 11) is 0. The second kappa shape index (κ2) is 12.1. The summed E-state index contributed by atoms with van der Waals surface area (Å²) in [5.41, 5.74) is 2.24. The third kappa shape index (κ3) is 6.33. The molecule has 3 nitrogen and oxygen atoms in total. The zero-order chi connectivity index (χ0) is 23.9. The molecular weight excluding hydrogens is 458 g/mol. The summed E-state index contributed by atoms with van der Waals surface area (Å²) >= 11 is 5.74. The van der Waals surface area contributed by atoms with Gasteiger partial charge in [0.05, 0.1) is 18.2 Å². The molecule has 3 aromatic carbocycles. The summed E-state index contributed by atoms with van der Waals surface area (Å²) in [6.07, 6.45) is 5.15. The smallest absolute Gasteiger partial charge is 0.184 e. The van der Waals surface area contributed by atoms with Gasteiger partial charge < -0.3 is 14.2 Å². The lowest BCUT2D eigenvalue weighted by molar-refractivity contribution is -0.230. The topological polar surface area (TPSA) is 27.7 Å². The van der Waals surface area contributed by atoms with Crippen molar-refractivity contribution in [2.24, 2.45) is 0 Å². The third-order valence-electron chi connectivity index (χ3n) is 6.22. The zero-order valence-corrected chi connectivity index (χ0v) is 20.3. The predicted octanol–water partition coefficient (Wildman–Crippen LogP) is 7.57. The molecule has 1 heterocycles. The van der Waals surface area contributed by atoms with Gasteiger partial charge in [0.2, 0.25) is 0 Å². The van der Waals surface area contributed by atoms with Crippen LogP contribution in [0.2, 0.25) is 5.02 Å². The lowest BCUT2D eigenvalue weighted by Crippen LogP contribution is -2.33. The molecule has 1 saturated heterocycles. The van der Waals surface area contributed by atoms with Crippen molar-refractivity contribution < 1.29 is 23.0 Å². The van der Waals surface area contributed by atoms with E-state index >= 15 is 4.39 Å². The monoisotopic (exact) mass is 488 g/mol. The Morgan fingerprint density at radius 1 is 0.941 bits per heavy atom. The van der Waals surface area contributed by atoms with E-state index in [4.69, 9.17) is 25.8 Å². The minimum atomic E-state index is -0.480. The highest BCUT2D eigenvalue weighted by molar-refractivity contribution is 6.30. The summed E-state index contributed by atoms with van der Waals surface area (Å²) in [4.78, 5) is 0. The normalized spacial score (nSPS) is 18.5. The number of halogens is 3. The maximum atomic E-state index is 15.2. The number of benzene rings is 3. The van der Waals surface area contributed by atoms with Crippen LogP contribution in [0, 0.1) is 11.6 Å². The fourth-order valence-electron chi connectivity index (χ4n) is 4.22. The Kier molecular flexibility index (Phi) is 8.90. The Bertz CT molecular complexity index is 1100. The molecular formula is C28H31ClF2O3. The number of hydrogen-bond donors (Lipinski definition) is 0. The SMILES string of the molecule is CCCCCCOC1COC(c2ccc3c(F)c(CCc4ccc(Cl)c(F)c4)ccc3c2)OC1. The standard InChI is InChI=1S/C28H31ClF2O3/c1-2-3-4-5-14-32-23-17-33-28(34-18-23)22-11-12-24-21(16-22)10-9-20(27(24)31)8-6-19-7-13-25(29)26(30)15-19/h7,9-13,15-16,23,28H,2-6,8,14,17-18H2,1H3. The van der Waals surface area contributed by atoms with Crippen molar-refractivity contribution in [3.63, 3.8) is 0 Å². The highest BCUT2D eigenvalue weighted by Gasteiger charge is 2.24. The lowest BCUT2D eigenvalue weighted by Gasteiger charge is -2.29. The Morgan fingerprint density at radius 3 is 2.53 bits per heavy atom. The molecule has 34 heavy (non-hydrogen) atoms. The van der Waals surface area contributed by atoms with Gasteiger partial charge >= 0.3 is 0 Å².